The SMILES string of the molecule is CCOC(=O)c1ccc(N2CCC(Cc3ccccc3-c3ccc(Cl)cc3NS(=O)C(C)(C)C)CC2)cc1. The zero-order chi connectivity index (χ0) is 27.3. The Kier molecular flexibility index (Phi) is 9.16. The highest BCUT2D eigenvalue weighted by atomic mass is 35.5. The van der Waals surface area contributed by atoms with E-state index in [1.807, 2.05) is 70.2 Å². The Labute approximate surface area is 234 Å². The van der Waals surface area contributed by atoms with Gasteiger partial charge in [-0.05, 0) is 100 Å². The fraction of sp³-hybridized carbons (Fsp3) is 0.387. The summed E-state index contributed by atoms with van der Waals surface area (Å²) >= 11 is 6.33. The highest BCUT2D eigenvalue weighted by Crippen LogP contribution is 2.36. The molecule has 0 aromatic heterocycles. The molecule has 0 amide bonds. The molecular formula is C31H37ClN2O3S. The van der Waals surface area contributed by atoms with Crippen LogP contribution in [0.1, 0.15) is 56.5 Å². The lowest BCUT2D eigenvalue weighted by Gasteiger charge is -2.34. The van der Waals surface area contributed by atoms with Gasteiger partial charge in [-0.1, -0.05) is 41.9 Å². The van der Waals surface area contributed by atoms with Crippen LogP contribution < -0.4 is 9.62 Å². The minimum absolute atomic E-state index is 0.278. The minimum atomic E-state index is -1.26. The molecule has 1 saturated heterocycles. The van der Waals surface area contributed by atoms with E-state index in [0.717, 1.165) is 54.9 Å². The first-order valence-corrected chi connectivity index (χ1v) is 14.8. The van der Waals surface area contributed by atoms with Gasteiger partial charge < -0.3 is 14.4 Å². The monoisotopic (exact) mass is 552 g/mol. The third-order valence-electron chi connectivity index (χ3n) is 6.91. The Hall–Kier alpha value is -2.83. The summed E-state index contributed by atoms with van der Waals surface area (Å²) in [6, 6.07) is 22.0. The number of nitrogens with zero attached hydrogens (tertiary/aromatic N) is 1. The van der Waals surface area contributed by atoms with Crippen molar-refractivity contribution >= 4 is 39.9 Å². The van der Waals surface area contributed by atoms with E-state index in [-0.39, 0.29) is 5.97 Å². The van der Waals surface area contributed by atoms with Gasteiger partial charge in [0.1, 0.15) is 11.0 Å². The average molecular weight is 553 g/mol. The Morgan fingerprint density at radius 2 is 1.71 bits per heavy atom. The van der Waals surface area contributed by atoms with Crippen molar-refractivity contribution in [1.82, 2.24) is 0 Å². The summed E-state index contributed by atoms with van der Waals surface area (Å²) in [7, 11) is -1.26. The van der Waals surface area contributed by atoms with E-state index in [2.05, 4.69) is 33.9 Å². The van der Waals surface area contributed by atoms with Crippen molar-refractivity contribution in [3.63, 3.8) is 0 Å². The van der Waals surface area contributed by atoms with Gasteiger partial charge in [0.2, 0.25) is 0 Å². The molecule has 1 aliphatic rings. The number of benzene rings is 3. The lowest BCUT2D eigenvalue weighted by Crippen LogP contribution is -2.34. The molecule has 0 aliphatic carbocycles. The van der Waals surface area contributed by atoms with Crippen LogP contribution in [0.25, 0.3) is 11.1 Å². The maximum Gasteiger partial charge on any atom is 0.338 e. The van der Waals surface area contributed by atoms with E-state index in [1.54, 1.807) is 0 Å². The lowest BCUT2D eigenvalue weighted by atomic mass is 9.86. The van der Waals surface area contributed by atoms with Crippen molar-refractivity contribution in [1.29, 1.82) is 0 Å². The standard InChI is InChI=1S/C31H37ClN2O3S/c1-5-37-30(35)23-10-13-26(14-11-23)34-18-16-22(17-19-34)20-24-8-6-7-9-27(24)28-15-12-25(32)21-29(28)33-38(36)31(2,3)4/h6-15,21-22,33H,5,16-20H2,1-4H3. The number of ether oxygens (including phenoxy) is 1. The first kappa shape index (κ1) is 28.2. The number of nitrogens with one attached hydrogen (secondary N) is 1. The highest BCUT2D eigenvalue weighted by molar-refractivity contribution is 7.87. The molecule has 5 nitrogen and oxygen atoms in total. The molecule has 1 atom stereocenters. The van der Waals surface area contributed by atoms with Gasteiger partial charge in [-0.15, -0.1) is 0 Å². The van der Waals surface area contributed by atoms with Crippen LogP contribution in [0, 0.1) is 5.92 Å². The molecular weight excluding hydrogens is 516 g/mol. The molecule has 1 aliphatic heterocycles. The largest absolute Gasteiger partial charge is 0.462 e. The Bertz CT molecular complexity index is 1280. The van der Waals surface area contributed by atoms with Gasteiger partial charge in [-0.25, -0.2) is 9.00 Å². The first-order chi connectivity index (χ1) is 18.2. The fourth-order valence-electron chi connectivity index (χ4n) is 4.78. The van der Waals surface area contributed by atoms with E-state index in [9.17, 15) is 9.00 Å². The van der Waals surface area contributed by atoms with Crippen molar-refractivity contribution < 1.29 is 13.7 Å². The molecule has 0 saturated carbocycles. The second kappa shape index (κ2) is 12.4. The van der Waals surface area contributed by atoms with E-state index in [4.69, 9.17) is 16.3 Å². The van der Waals surface area contributed by atoms with Gasteiger partial charge in [0.05, 0.1) is 22.6 Å². The highest BCUT2D eigenvalue weighted by Gasteiger charge is 2.24. The van der Waals surface area contributed by atoms with E-state index >= 15 is 0 Å². The summed E-state index contributed by atoms with van der Waals surface area (Å²) in [5.74, 6) is 0.290. The molecule has 202 valence electrons. The summed E-state index contributed by atoms with van der Waals surface area (Å²) < 4.78 is 20.8. The number of carbonyl (C=O) groups is 1. The van der Waals surface area contributed by atoms with Crippen molar-refractivity contribution in [2.45, 2.75) is 51.7 Å². The predicted octanol–water partition coefficient (Wildman–Crippen LogP) is 7.52. The van der Waals surface area contributed by atoms with Gasteiger partial charge in [0.15, 0.2) is 0 Å². The molecule has 4 rings (SSSR count). The summed E-state index contributed by atoms with van der Waals surface area (Å²) in [4.78, 5) is 14.3. The van der Waals surface area contributed by atoms with Gasteiger partial charge in [-0.2, -0.15) is 0 Å². The number of piperidine rings is 1. The molecule has 7 heteroatoms. The minimum Gasteiger partial charge on any atom is -0.462 e. The fourth-order valence-corrected chi connectivity index (χ4v) is 5.63. The van der Waals surface area contributed by atoms with Crippen LogP contribution in [0.15, 0.2) is 66.7 Å². The molecule has 0 radical (unpaired) electrons. The number of rotatable bonds is 8. The molecule has 1 fully saturated rings. The van der Waals surface area contributed by atoms with Crippen LogP contribution in [-0.2, 0) is 22.1 Å². The quantitative estimate of drug-likeness (QED) is 0.294. The van der Waals surface area contributed by atoms with E-state index in [0.29, 0.717) is 23.1 Å². The van der Waals surface area contributed by atoms with Gasteiger partial charge >= 0.3 is 5.97 Å². The summed E-state index contributed by atoms with van der Waals surface area (Å²) in [6.07, 6.45) is 3.16. The van der Waals surface area contributed by atoms with Crippen molar-refractivity contribution in [3.8, 4) is 11.1 Å². The smallest absolute Gasteiger partial charge is 0.338 e. The number of carbonyl (C=O) groups excluding carboxylic acids is 1. The molecule has 1 N–H and O–H groups in total. The molecule has 0 bridgehead atoms. The first-order valence-electron chi connectivity index (χ1n) is 13.2. The maximum absolute atomic E-state index is 12.9. The molecule has 38 heavy (non-hydrogen) atoms. The maximum atomic E-state index is 12.9. The average Bonchev–Trinajstić information content (AvgIpc) is 2.89. The zero-order valence-electron chi connectivity index (χ0n) is 22.6. The number of anilines is 2. The topological polar surface area (TPSA) is 58.6 Å². The van der Waals surface area contributed by atoms with Crippen molar-refractivity contribution in [2.75, 3.05) is 29.3 Å². The van der Waals surface area contributed by atoms with Crippen LogP contribution in [-0.4, -0.2) is 34.6 Å². The van der Waals surface area contributed by atoms with Crippen LogP contribution >= 0.6 is 11.6 Å². The summed E-state index contributed by atoms with van der Waals surface area (Å²) in [5.41, 5.74) is 5.97. The second-order valence-electron chi connectivity index (χ2n) is 10.7. The van der Waals surface area contributed by atoms with Gasteiger partial charge in [0, 0.05) is 29.4 Å². The summed E-state index contributed by atoms with van der Waals surface area (Å²) in [5, 5.41) is 0.613. The number of hydrogen-bond donors (Lipinski definition) is 1. The van der Waals surface area contributed by atoms with Crippen LogP contribution in [0.4, 0.5) is 11.4 Å². The Balaban J connectivity index is 1.46. The molecule has 3 aromatic carbocycles. The van der Waals surface area contributed by atoms with Gasteiger partial charge in [-0.3, -0.25) is 0 Å². The molecule has 1 unspecified atom stereocenters. The zero-order valence-corrected chi connectivity index (χ0v) is 24.2. The normalized spacial score (nSPS) is 15.2. The van der Waals surface area contributed by atoms with Crippen LogP contribution in [0.2, 0.25) is 5.02 Å². The number of esters is 1. The molecule has 1 heterocycles. The third-order valence-corrected chi connectivity index (χ3v) is 8.67. The Morgan fingerprint density at radius 3 is 2.37 bits per heavy atom. The summed E-state index contributed by atoms with van der Waals surface area (Å²) in [6.45, 7) is 10.0. The van der Waals surface area contributed by atoms with Crippen molar-refractivity contribution in [3.05, 3.63) is 82.9 Å². The van der Waals surface area contributed by atoms with Crippen molar-refractivity contribution in [2.24, 2.45) is 5.92 Å². The third kappa shape index (κ3) is 6.97. The predicted molar refractivity (Wildman–Crippen MR) is 159 cm³/mol. The second-order valence-corrected chi connectivity index (χ2v) is 13.1. The van der Waals surface area contributed by atoms with Crippen LogP contribution in [0.5, 0.6) is 0 Å². The Morgan fingerprint density at radius 1 is 1.03 bits per heavy atom. The van der Waals surface area contributed by atoms with E-state index < -0.39 is 15.7 Å². The molecule has 3 aromatic rings. The van der Waals surface area contributed by atoms with E-state index in [1.165, 1.54) is 5.56 Å². The van der Waals surface area contributed by atoms with Crippen LogP contribution in [0.3, 0.4) is 0 Å². The molecule has 0 spiro atoms. The lowest BCUT2D eigenvalue weighted by molar-refractivity contribution is 0.0526. The number of hydrogen-bond acceptors (Lipinski definition) is 4. The number of halogens is 1. The van der Waals surface area contributed by atoms with Gasteiger partial charge in [0.25, 0.3) is 0 Å².